The Morgan fingerprint density at radius 3 is 1.38 bits per heavy atom. The first kappa shape index (κ1) is 48.6. The largest absolute Gasteiger partial charge is 0.394 e. The van der Waals surface area contributed by atoms with Gasteiger partial charge in [-0.25, -0.2) is 0 Å². The van der Waals surface area contributed by atoms with E-state index in [1.807, 2.05) is 0 Å². The summed E-state index contributed by atoms with van der Waals surface area (Å²) in [6.07, 6.45) is -22.9. The number of carbonyl (C=O) groups is 2. The summed E-state index contributed by atoms with van der Waals surface area (Å²) in [5, 5.41) is 106. The van der Waals surface area contributed by atoms with Crippen LogP contribution in [0.3, 0.4) is 0 Å². The molecule has 0 saturated carbocycles. The second-order valence-corrected chi connectivity index (χ2v) is 10.8. The van der Waals surface area contributed by atoms with E-state index in [0.29, 0.717) is 12.6 Å². The zero-order valence-corrected chi connectivity index (χ0v) is 26.2. The Kier molecular flexibility index (Phi) is 23.3. The van der Waals surface area contributed by atoms with Gasteiger partial charge < -0.3 is 98.9 Å². The lowest BCUT2D eigenvalue weighted by molar-refractivity contribution is -0.330. The molecule has 21 nitrogen and oxygen atoms in total. The summed E-state index contributed by atoms with van der Waals surface area (Å²) >= 11 is 0. The van der Waals surface area contributed by atoms with Gasteiger partial charge in [0.1, 0.15) is 79.4 Å². The van der Waals surface area contributed by atoms with Crippen molar-refractivity contribution >= 4 is 12.6 Å². The SMILES string of the molecule is C.C.CCOC(C=O)OC(C=O)COC1OC(CO)C(O)C(O)C1O.CCOC1OC(COC2OC(CO)C(O)C(O)C2O)C(O)C(O)C1O. The third kappa shape index (κ3) is 12.9. The van der Waals surface area contributed by atoms with Gasteiger partial charge in [-0.15, -0.1) is 0 Å². The molecule has 298 valence electrons. The molecular weight excluding hydrogens is 684 g/mol. The second kappa shape index (κ2) is 24.0. The second-order valence-electron chi connectivity index (χ2n) is 10.8. The third-order valence-electron chi connectivity index (χ3n) is 7.45. The maximum Gasteiger partial charge on any atom is 0.215 e. The van der Waals surface area contributed by atoms with Gasteiger partial charge in [0.15, 0.2) is 31.4 Å². The van der Waals surface area contributed by atoms with Crippen LogP contribution in [0.2, 0.25) is 0 Å². The van der Waals surface area contributed by atoms with Crippen LogP contribution < -0.4 is 0 Å². The first-order valence-electron chi connectivity index (χ1n) is 15.1. The van der Waals surface area contributed by atoms with Crippen molar-refractivity contribution in [3.8, 4) is 0 Å². The minimum Gasteiger partial charge on any atom is -0.394 e. The Morgan fingerprint density at radius 2 is 0.980 bits per heavy atom. The van der Waals surface area contributed by atoms with Crippen molar-refractivity contribution in [2.45, 2.75) is 133 Å². The summed E-state index contributed by atoms with van der Waals surface area (Å²) in [4.78, 5) is 21.6. The number of aliphatic hydroxyl groups is 11. The molecule has 11 N–H and O–H groups in total. The Balaban J connectivity index is 0.000000927. The third-order valence-corrected chi connectivity index (χ3v) is 7.45. The van der Waals surface area contributed by atoms with E-state index in [2.05, 4.69) is 0 Å². The Labute approximate surface area is 289 Å². The molecule has 3 heterocycles. The van der Waals surface area contributed by atoms with Crippen molar-refractivity contribution in [1.29, 1.82) is 0 Å². The molecule has 0 spiro atoms. The summed E-state index contributed by atoms with van der Waals surface area (Å²) in [7, 11) is 0. The van der Waals surface area contributed by atoms with Gasteiger partial charge in [0.25, 0.3) is 0 Å². The number of rotatable bonds is 16. The smallest absolute Gasteiger partial charge is 0.215 e. The van der Waals surface area contributed by atoms with Crippen molar-refractivity contribution in [3.05, 3.63) is 0 Å². The van der Waals surface area contributed by atoms with Gasteiger partial charge in [-0.1, -0.05) is 14.9 Å². The molecule has 0 aliphatic carbocycles. The lowest BCUT2D eigenvalue weighted by atomic mass is 9.98. The van der Waals surface area contributed by atoms with Crippen LogP contribution in [0.1, 0.15) is 28.7 Å². The van der Waals surface area contributed by atoms with Gasteiger partial charge in [-0.05, 0) is 13.8 Å². The highest BCUT2D eigenvalue weighted by Gasteiger charge is 2.48. The Bertz CT molecular complexity index is 914. The van der Waals surface area contributed by atoms with Crippen molar-refractivity contribution in [2.75, 3.05) is 39.6 Å². The molecule has 17 unspecified atom stereocenters. The first-order valence-corrected chi connectivity index (χ1v) is 15.1. The average molecular weight is 741 g/mol. The normalized spacial score (nSPS) is 39.8. The standard InChI is InChI=1S/C14H26O11.C13H22O10.2CH4/c1-2-22-13-11(20)10(19)8(17)6(25-13)4-23-14-12(21)9(18)7(16)5(3-15)24-14;1-2-20-9(5-16)22-7(3-14)6-21-13-12(19)11(18)10(17)8(4-15)23-13;;/h5-21H,2-4H2,1H3;3,5,7-13,15,17-19H,2,4,6H2,1H3;2*1H4. The van der Waals surface area contributed by atoms with Crippen LogP contribution in [0, 0.1) is 0 Å². The quantitative estimate of drug-likeness (QED) is 0.0518. The van der Waals surface area contributed by atoms with Gasteiger partial charge in [-0.3, -0.25) is 4.79 Å². The number of aliphatic hydroxyl groups excluding tert-OH is 11. The first-order chi connectivity index (χ1) is 22.8. The summed E-state index contributed by atoms with van der Waals surface area (Å²) < 4.78 is 41.1. The van der Waals surface area contributed by atoms with Crippen LogP contribution in [-0.2, 0) is 47.5 Å². The molecule has 3 aliphatic rings. The molecule has 50 heavy (non-hydrogen) atoms. The average Bonchev–Trinajstić information content (AvgIpc) is 3.09. The molecular formula is C29H56O21. The van der Waals surface area contributed by atoms with Crippen LogP contribution in [0.25, 0.3) is 0 Å². The highest BCUT2D eigenvalue weighted by Crippen LogP contribution is 2.26. The van der Waals surface area contributed by atoms with E-state index >= 15 is 0 Å². The molecule has 21 heteroatoms. The topological polar surface area (TPSA) is 331 Å². The summed E-state index contributed by atoms with van der Waals surface area (Å²) in [5.74, 6) is 0. The van der Waals surface area contributed by atoms with E-state index in [1.165, 1.54) is 0 Å². The van der Waals surface area contributed by atoms with Gasteiger partial charge >= 0.3 is 0 Å². The van der Waals surface area contributed by atoms with Gasteiger partial charge in [0.05, 0.1) is 26.4 Å². The van der Waals surface area contributed by atoms with E-state index in [1.54, 1.807) is 13.8 Å². The van der Waals surface area contributed by atoms with Gasteiger partial charge in [-0.2, -0.15) is 0 Å². The predicted octanol–water partition coefficient (Wildman–Crippen LogP) is -6.13. The van der Waals surface area contributed by atoms with Crippen molar-refractivity contribution < 1.29 is 104 Å². The fraction of sp³-hybridized carbons (Fsp3) is 0.931. The molecule has 17 atom stereocenters. The van der Waals surface area contributed by atoms with E-state index in [0.717, 1.165) is 0 Å². The summed E-state index contributed by atoms with van der Waals surface area (Å²) in [5.41, 5.74) is 0. The molecule has 3 fully saturated rings. The zero-order valence-electron chi connectivity index (χ0n) is 26.2. The maximum atomic E-state index is 10.9. The highest BCUT2D eigenvalue weighted by molar-refractivity contribution is 5.58. The van der Waals surface area contributed by atoms with Gasteiger partial charge in [0.2, 0.25) is 6.29 Å². The van der Waals surface area contributed by atoms with Crippen molar-refractivity contribution in [1.82, 2.24) is 0 Å². The lowest BCUT2D eigenvalue weighted by Crippen LogP contribution is -2.61. The van der Waals surface area contributed by atoms with E-state index < -0.39 is 124 Å². The minimum absolute atomic E-state index is 0. The summed E-state index contributed by atoms with van der Waals surface area (Å²) in [6.45, 7) is 1.71. The van der Waals surface area contributed by atoms with Gasteiger partial charge in [0, 0.05) is 13.2 Å². The number of ether oxygens (including phenoxy) is 8. The van der Waals surface area contributed by atoms with Crippen LogP contribution in [-0.4, -0.2) is 213 Å². The van der Waals surface area contributed by atoms with Crippen molar-refractivity contribution in [2.24, 2.45) is 0 Å². The fourth-order valence-electron chi connectivity index (χ4n) is 4.70. The summed E-state index contributed by atoms with van der Waals surface area (Å²) in [6, 6.07) is 0. The molecule has 0 aromatic carbocycles. The van der Waals surface area contributed by atoms with Crippen LogP contribution in [0.15, 0.2) is 0 Å². The Hall–Kier alpha value is -1.42. The fourth-order valence-corrected chi connectivity index (χ4v) is 4.70. The van der Waals surface area contributed by atoms with Crippen LogP contribution >= 0.6 is 0 Å². The molecule has 0 aromatic heterocycles. The molecule has 0 bridgehead atoms. The van der Waals surface area contributed by atoms with E-state index in [-0.39, 0.29) is 34.7 Å². The maximum absolute atomic E-state index is 10.9. The number of hydrogen-bond acceptors (Lipinski definition) is 21. The monoisotopic (exact) mass is 740 g/mol. The van der Waals surface area contributed by atoms with E-state index in [4.69, 9.17) is 48.1 Å². The zero-order chi connectivity index (χ0) is 36.1. The predicted molar refractivity (Wildman–Crippen MR) is 164 cm³/mol. The molecule has 0 aromatic rings. The number of hydrogen-bond donors (Lipinski definition) is 11. The van der Waals surface area contributed by atoms with E-state index in [9.17, 15) is 55.5 Å². The lowest BCUT2D eigenvalue weighted by Gasteiger charge is -2.42. The Morgan fingerprint density at radius 1 is 0.560 bits per heavy atom. The van der Waals surface area contributed by atoms with Crippen molar-refractivity contribution in [3.63, 3.8) is 0 Å². The molecule has 3 aliphatic heterocycles. The number of aldehydes is 2. The minimum atomic E-state index is -1.60. The molecule has 3 rings (SSSR count). The highest BCUT2D eigenvalue weighted by atomic mass is 16.7. The molecule has 3 saturated heterocycles. The number of carbonyl (C=O) groups excluding carboxylic acids is 2. The van der Waals surface area contributed by atoms with Crippen LogP contribution in [0.5, 0.6) is 0 Å². The van der Waals surface area contributed by atoms with Crippen LogP contribution in [0.4, 0.5) is 0 Å². The molecule has 0 amide bonds. The molecule has 0 radical (unpaired) electrons.